The van der Waals surface area contributed by atoms with Gasteiger partial charge in [0.2, 0.25) is 0 Å². The Hall–Kier alpha value is -1.56. The predicted octanol–water partition coefficient (Wildman–Crippen LogP) is 4.86. The minimum atomic E-state index is 0.695. The third kappa shape index (κ3) is 2.76. The minimum Gasteiger partial charge on any atom is -0.0625 e. The fourth-order valence-corrected chi connectivity index (χ4v) is 2.28. The van der Waals surface area contributed by atoms with Gasteiger partial charge in [0.05, 0.1) is 0 Å². The molecule has 88 valence electrons. The number of hydrogen-bond donors (Lipinski definition) is 0. The van der Waals surface area contributed by atoms with Crippen molar-refractivity contribution in [1.29, 1.82) is 0 Å². The molecule has 0 spiro atoms. The summed E-state index contributed by atoms with van der Waals surface area (Å²) in [6.07, 6.45) is 1.14. The maximum absolute atomic E-state index is 2.27. The van der Waals surface area contributed by atoms with Crippen molar-refractivity contribution in [2.24, 2.45) is 5.92 Å². The van der Waals surface area contributed by atoms with Crippen LogP contribution in [0.25, 0.3) is 11.1 Å². The molecule has 0 aliphatic rings. The van der Waals surface area contributed by atoms with Crippen molar-refractivity contribution >= 4 is 0 Å². The van der Waals surface area contributed by atoms with Crippen LogP contribution in [0, 0.1) is 12.8 Å². The topological polar surface area (TPSA) is 0 Å². The lowest BCUT2D eigenvalue weighted by Gasteiger charge is -2.13. The molecule has 0 amide bonds. The highest BCUT2D eigenvalue weighted by Gasteiger charge is 2.07. The van der Waals surface area contributed by atoms with Gasteiger partial charge in [-0.1, -0.05) is 62.4 Å². The van der Waals surface area contributed by atoms with Gasteiger partial charge in [-0.3, -0.25) is 0 Å². The first kappa shape index (κ1) is 11.9. The molecule has 2 rings (SSSR count). The average Bonchev–Trinajstić information content (AvgIpc) is 2.30. The van der Waals surface area contributed by atoms with Gasteiger partial charge in [-0.15, -0.1) is 0 Å². The number of rotatable bonds is 3. The molecule has 0 N–H and O–H groups in total. The molecule has 2 aromatic carbocycles. The van der Waals surface area contributed by atoms with Gasteiger partial charge in [0.15, 0.2) is 0 Å². The molecule has 0 nitrogen and oxygen atoms in total. The first-order valence-electron chi connectivity index (χ1n) is 6.32. The van der Waals surface area contributed by atoms with Crippen LogP contribution >= 0.6 is 0 Å². The van der Waals surface area contributed by atoms with Crippen LogP contribution in [0.5, 0.6) is 0 Å². The van der Waals surface area contributed by atoms with E-state index in [4.69, 9.17) is 0 Å². The molecule has 0 aliphatic heterocycles. The molecule has 0 unspecified atom stereocenters. The summed E-state index contributed by atoms with van der Waals surface area (Å²) in [5.41, 5.74) is 5.56. The molecule has 0 bridgehead atoms. The molecule has 0 saturated carbocycles. The first-order valence-corrected chi connectivity index (χ1v) is 6.32. The maximum Gasteiger partial charge on any atom is -0.0149 e. The van der Waals surface area contributed by atoms with Crippen molar-refractivity contribution in [2.45, 2.75) is 27.2 Å². The van der Waals surface area contributed by atoms with Crippen molar-refractivity contribution in [2.75, 3.05) is 0 Å². The Morgan fingerprint density at radius 3 is 2.06 bits per heavy atom. The van der Waals surface area contributed by atoms with Crippen molar-refractivity contribution in [3.63, 3.8) is 0 Å². The Morgan fingerprint density at radius 2 is 1.41 bits per heavy atom. The van der Waals surface area contributed by atoms with E-state index in [9.17, 15) is 0 Å². The smallest absolute Gasteiger partial charge is 0.0149 e. The lowest BCUT2D eigenvalue weighted by molar-refractivity contribution is 0.648. The van der Waals surface area contributed by atoms with Crippen LogP contribution in [0.15, 0.2) is 48.5 Å². The van der Waals surface area contributed by atoms with Crippen LogP contribution in [0.3, 0.4) is 0 Å². The molecular formula is C17H20. The van der Waals surface area contributed by atoms with E-state index in [0.29, 0.717) is 5.92 Å². The third-order valence-corrected chi connectivity index (χ3v) is 3.08. The van der Waals surface area contributed by atoms with Gasteiger partial charge >= 0.3 is 0 Å². The minimum absolute atomic E-state index is 0.695. The quantitative estimate of drug-likeness (QED) is 0.698. The second kappa shape index (κ2) is 5.18. The zero-order chi connectivity index (χ0) is 12.3. The number of hydrogen-bond acceptors (Lipinski definition) is 0. The summed E-state index contributed by atoms with van der Waals surface area (Å²) in [6, 6.07) is 17.4. The number of aryl methyl sites for hydroxylation is 1. The van der Waals surface area contributed by atoms with Crippen LogP contribution in [0.1, 0.15) is 25.0 Å². The monoisotopic (exact) mass is 224 g/mol. The Kier molecular flexibility index (Phi) is 3.63. The Labute approximate surface area is 104 Å². The lowest BCUT2D eigenvalue weighted by atomic mass is 9.92. The van der Waals surface area contributed by atoms with Gasteiger partial charge < -0.3 is 0 Å². The molecule has 17 heavy (non-hydrogen) atoms. The zero-order valence-corrected chi connectivity index (χ0v) is 10.9. The van der Waals surface area contributed by atoms with Gasteiger partial charge in [-0.2, -0.15) is 0 Å². The first-order chi connectivity index (χ1) is 8.18. The summed E-state index contributed by atoms with van der Waals surface area (Å²) in [4.78, 5) is 0. The summed E-state index contributed by atoms with van der Waals surface area (Å²) in [6.45, 7) is 6.73. The highest BCUT2D eigenvalue weighted by atomic mass is 14.1. The average molecular weight is 224 g/mol. The van der Waals surface area contributed by atoms with E-state index in [1.54, 1.807) is 0 Å². The summed E-state index contributed by atoms with van der Waals surface area (Å²) < 4.78 is 0. The molecular weight excluding hydrogens is 204 g/mol. The van der Waals surface area contributed by atoms with E-state index in [0.717, 1.165) is 6.42 Å². The fourth-order valence-electron chi connectivity index (χ4n) is 2.28. The summed E-state index contributed by atoms with van der Waals surface area (Å²) in [7, 11) is 0. The summed E-state index contributed by atoms with van der Waals surface area (Å²) in [5.74, 6) is 0.695. The van der Waals surface area contributed by atoms with Crippen LogP contribution in [-0.2, 0) is 6.42 Å². The molecule has 0 atom stereocenters. The highest BCUT2D eigenvalue weighted by molar-refractivity contribution is 5.70. The van der Waals surface area contributed by atoms with E-state index in [1.807, 2.05) is 0 Å². The van der Waals surface area contributed by atoms with Crippen molar-refractivity contribution < 1.29 is 0 Å². The summed E-state index contributed by atoms with van der Waals surface area (Å²) in [5, 5.41) is 0. The van der Waals surface area contributed by atoms with Crippen molar-refractivity contribution in [3.8, 4) is 11.1 Å². The molecule has 0 aliphatic carbocycles. The molecule has 0 heteroatoms. The normalized spacial score (nSPS) is 10.8. The van der Waals surface area contributed by atoms with Gasteiger partial charge in [-0.25, -0.2) is 0 Å². The SMILES string of the molecule is Cc1ccccc1-c1ccccc1CC(C)C. The predicted molar refractivity (Wildman–Crippen MR) is 75.2 cm³/mol. The van der Waals surface area contributed by atoms with E-state index in [2.05, 4.69) is 69.3 Å². The van der Waals surface area contributed by atoms with Crippen molar-refractivity contribution in [3.05, 3.63) is 59.7 Å². The molecule has 0 saturated heterocycles. The van der Waals surface area contributed by atoms with Gasteiger partial charge in [0, 0.05) is 0 Å². The maximum atomic E-state index is 2.27. The second-order valence-electron chi connectivity index (χ2n) is 5.07. The standard InChI is InChI=1S/C17H20/c1-13(2)12-15-9-5-7-11-17(15)16-10-6-4-8-14(16)3/h4-11,13H,12H2,1-3H3. The van der Waals surface area contributed by atoms with E-state index >= 15 is 0 Å². The third-order valence-electron chi connectivity index (χ3n) is 3.08. The van der Waals surface area contributed by atoms with Gasteiger partial charge in [0.1, 0.15) is 0 Å². The van der Waals surface area contributed by atoms with Gasteiger partial charge in [-0.05, 0) is 41.5 Å². The largest absolute Gasteiger partial charge is 0.0625 e. The molecule has 0 radical (unpaired) electrons. The van der Waals surface area contributed by atoms with Crippen molar-refractivity contribution in [1.82, 2.24) is 0 Å². The van der Waals surface area contributed by atoms with E-state index in [-0.39, 0.29) is 0 Å². The molecule has 0 aromatic heterocycles. The van der Waals surface area contributed by atoms with Crippen LogP contribution in [0.2, 0.25) is 0 Å². The Balaban J connectivity index is 2.48. The van der Waals surface area contributed by atoms with Crippen LogP contribution < -0.4 is 0 Å². The summed E-state index contributed by atoms with van der Waals surface area (Å²) >= 11 is 0. The van der Waals surface area contributed by atoms with E-state index in [1.165, 1.54) is 22.3 Å². The Bertz CT molecular complexity index is 495. The molecule has 2 aromatic rings. The number of benzene rings is 2. The van der Waals surface area contributed by atoms with E-state index < -0.39 is 0 Å². The second-order valence-corrected chi connectivity index (χ2v) is 5.07. The van der Waals surface area contributed by atoms with Gasteiger partial charge in [0.25, 0.3) is 0 Å². The van der Waals surface area contributed by atoms with Crippen LogP contribution in [0.4, 0.5) is 0 Å². The molecule has 0 heterocycles. The highest BCUT2D eigenvalue weighted by Crippen LogP contribution is 2.28. The Morgan fingerprint density at radius 1 is 0.824 bits per heavy atom. The molecule has 0 fully saturated rings. The lowest BCUT2D eigenvalue weighted by Crippen LogP contribution is -1.97. The zero-order valence-electron chi connectivity index (χ0n) is 10.9. The fraction of sp³-hybridized carbons (Fsp3) is 0.294. The van der Waals surface area contributed by atoms with Crippen LogP contribution in [-0.4, -0.2) is 0 Å².